The fraction of sp³-hybridized carbons (Fsp3) is 0.0714. The van der Waals surface area contributed by atoms with Gasteiger partial charge in [-0.15, -0.1) is 11.3 Å². The van der Waals surface area contributed by atoms with E-state index in [1.165, 1.54) is 17.5 Å². The fourth-order valence-electron chi connectivity index (χ4n) is 2.12. The van der Waals surface area contributed by atoms with Crippen molar-refractivity contribution < 1.29 is 9.90 Å². The molecule has 0 bridgehead atoms. The minimum atomic E-state index is -1.22. The molecule has 0 aliphatic carbocycles. The van der Waals surface area contributed by atoms with Crippen molar-refractivity contribution in [1.29, 1.82) is 0 Å². The second-order valence-electron chi connectivity index (χ2n) is 4.30. The lowest BCUT2D eigenvalue weighted by Crippen LogP contribution is -2.19. The molecule has 0 fully saturated rings. The Morgan fingerprint density at radius 3 is 2.85 bits per heavy atom. The highest BCUT2D eigenvalue weighted by Gasteiger charge is 2.14. The molecule has 5 nitrogen and oxygen atoms in total. The molecule has 3 rings (SSSR count). The van der Waals surface area contributed by atoms with Crippen molar-refractivity contribution in [2.24, 2.45) is 0 Å². The number of hydrogen-bond acceptors (Lipinski definition) is 4. The van der Waals surface area contributed by atoms with Crippen LogP contribution in [0.3, 0.4) is 0 Å². The van der Waals surface area contributed by atoms with Crippen molar-refractivity contribution in [2.75, 3.05) is 0 Å². The third kappa shape index (κ3) is 2.10. The highest BCUT2D eigenvalue weighted by molar-refractivity contribution is 7.07. The summed E-state index contributed by atoms with van der Waals surface area (Å²) in [4.78, 5) is 27.5. The van der Waals surface area contributed by atoms with E-state index in [0.29, 0.717) is 17.4 Å². The van der Waals surface area contributed by atoms with Gasteiger partial charge in [-0.3, -0.25) is 4.79 Å². The number of para-hydroxylation sites is 1. The number of pyridine rings is 1. The second-order valence-corrected chi connectivity index (χ2v) is 5.02. The Labute approximate surface area is 117 Å². The molecular weight excluding hydrogens is 276 g/mol. The van der Waals surface area contributed by atoms with E-state index in [9.17, 15) is 9.59 Å². The zero-order chi connectivity index (χ0) is 14.1. The highest BCUT2D eigenvalue weighted by atomic mass is 32.1. The molecule has 0 aliphatic rings. The molecule has 0 spiro atoms. The largest absolute Gasteiger partial charge is 0.477 e. The van der Waals surface area contributed by atoms with Crippen LogP contribution in [0.1, 0.15) is 16.1 Å². The number of hydrogen-bond donors (Lipinski definition) is 1. The second kappa shape index (κ2) is 4.90. The minimum absolute atomic E-state index is 0.223. The van der Waals surface area contributed by atoms with Gasteiger partial charge in [-0.05, 0) is 12.1 Å². The zero-order valence-electron chi connectivity index (χ0n) is 10.3. The van der Waals surface area contributed by atoms with Crippen LogP contribution < -0.4 is 5.43 Å². The van der Waals surface area contributed by atoms with Crippen LogP contribution >= 0.6 is 11.3 Å². The molecule has 2 heterocycles. The van der Waals surface area contributed by atoms with Crippen molar-refractivity contribution in [1.82, 2.24) is 9.55 Å². The van der Waals surface area contributed by atoms with Gasteiger partial charge in [0.2, 0.25) is 5.43 Å². The molecule has 6 heteroatoms. The normalized spacial score (nSPS) is 10.8. The number of aromatic nitrogens is 2. The van der Waals surface area contributed by atoms with Crippen LogP contribution in [0.2, 0.25) is 0 Å². The van der Waals surface area contributed by atoms with Gasteiger partial charge in [0.25, 0.3) is 0 Å². The topological polar surface area (TPSA) is 72.2 Å². The first-order valence-corrected chi connectivity index (χ1v) is 6.83. The summed E-state index contributed by atoms with van der Waals surface area (Å²) in [5.74, 6) is -1.22. The maximum absolute atomic E-state index is 12.1. The Balaban J connectivity index is 2.27. The first-order valence-electron chi connectivity index (χ1n) is 5.89. The zero-order valence-corrected chi connectivity index (χ0v) is 11.1. The average molecular weight is 286 g/mol. The van der Waals surface area contributed by atoms with Gasteiger partial charge in [0, 0.05) is 17.0 Å². The Morgan fingerprint density at radius 1 is 1.35 bits per heavy atom. The van der Waals surface area contributed by atoms with Crippen molar-refractivity contribution in [3.05, 3.63) is 62.8 Å². The van der Waals surface area contributed by atoms with Crippen LogP contribution in [-0.2, 0) is 6.54 Å². The molecule has 0 atom stereocenters. The van der Waals surface area contributed by atoms with Gasteiger partial charge >= 0.3 is 5.97 Å². The molecule has 3 aromatic rings. The van der Waals surface area contributed by atoms with Crippen LogP contribution in [0, 0.1) is 0 Å². The maximum Gasteiger partial charge on any atom is 0.341 e. The van der Waals surface area contributed by atoms with E-state index in [0.717, 1.165) is 5.69 Å². The van der Waals surface area contributed by atoms with Gasteiger partial charge in [0.1, 0.15) is 5.56 Å². The molecule has 0 saturated heterocycles. The Morgan fingerprint density at radius 2 is 2.15 bits per heavy atom. The first-order chi connectivity index (χ1) is 9.66. The number of fused-ring (bicyclic) bond motifs is 1. The lowest BCUT2D eigenvalue weighted by Gasteiger charge is -2.10. The van der Waals surface area contributed by atoms with E-state index in [1.807, 2.05) is 11.4 Å². The molecule has 1 aromatic carbocycles. The van der Waals surface area contributed by atoms with E-state index in [-0.39, 0.29) is 5.56 Å². The number of carbonyl (C=O) groups is 1. The number of aromatic carboxylic acids is 1. The third-order valence-corrected chi connectivity index (χ3v) is 3.67. The van der Waals surface area contributed by atoms with Gasteiger partial charge in [-0.25, -0.2) is 9.78 Å². The summed E-state index contributed by atoms with van der Waals surface area (Å²) in [7, 11) is 0. The molecular formula is C14H10N2O3S. The smallest absolute Gasteiger partial charge is 0.341 e. The van der Waals surface area contributed by atoms with Crippen LogP contribution in [0.25, 0.3) is 10.9 Å². The molecule has 100 valence electrons. The number of carboxylic acid groups (broad SMARTS) is 1. The van der Waals surface area contributed by atoms with Gasteiger partial charge in [-0.2, -0.15) is 0 Å². The Kier molecular flexibility index (Phi) is 3.08. The maximum atomic E-state index is 12.1. The fourth-order valence-corrected chi connectivity index (χ4v) is 2.67. The highest BCUT2D eigenvalue weighted by Crippen LogP contribution is 2.14. The molecule has 0 aliphatic heterocycles. The molecule has 0 amide bonds. The predicted octanol–water partition coefficient (Wildman–Crippen LogP) is 2.20. The van der Waals surface area contributed by atoms with Crippen molar-refractivity contribution in [3.63, 3.8) is 0 Å². The standard InChI is InChI=1S/C14H10N2O3S/c17-13-10-3-1-2-4-12(10)16(6-11(13)14(18)19)5-9-7-20-8-15-9/h1-4,6-8H,5H2,(H,18,19). The minimum Gasteiger partial charge on any atom is -0.477 e. The number of nitrogens with zero attached hydrogens (tertiary/aromatic N) is 2. The lowest BCUT2D eigenvalue weighted by atomic mass is 10.1. The van der Waals surface area contributed by atoms with Gasteiger partial charge in [-0.1, -0.05) is 12.1 Å². The summed E-state index contributed by atoms with van der Waals surface area (Å²) in [5.41, 5.74) is 2.58. The number of rotatable bonds is 3. The Bertz CT molecular complexity index is 837. The lowest BCUT2D eigenvalue weighted by molar-refractivity contribution is 0.0695. The van der Waals surface area contributed by atoms with Gasteiger partial charge in [0.15, 0.2) is 0 Å². The summed E-state index contributed by atoms with van der Waals surface area (Å²) >= 11 is 1.48. The van der Waals surface area contributed by atoms with E-state index in [2.05, 4.69) is 4.98 Å². The van der Waals surface area contributed by atoms with E-state index in [1.54, 1.807) is 28.3 Å². The Hall–Kier alpha value is -2.47. The van der Waals surface area contributed by atoms with Crippen molar-refractivity contribution in [2.45, 2.75) is 6.54 Å². The van der Waals surface area contributed by atoms with Crippen LogP contribution in [0.5, 0.6) is 0 Å². The van der Waals surface area contributed by atoms with Gasteiger partial charge < -0.3 is 9.67 Å². The predicted molar refractivity (Wildman–Crippen MR) is 76.4 cm³/mol. The quantitative estimate of drug-likeness (QED) is 0.801. The molecule has 1 N–H and O–H groups in total. The number of thiazole rings is 1. The number of carboxylic acids is 1. The average Bonchev–Trinajstić information content (AvgIpc) is 2.94. The SMILES string of the molecule is O=C(O)c1cn(Cc2cscn2)c2ccccc2c1=O. The van der Waals surface area contributed by atoms with E-state index in [4.69, 9.17) is 5.11 Å². The van der Waals surface area contributed by atoms with Crippen LogP contribution in [0.4, 0.5) is 0 Å². The van der Waals surface area contributed by atoms with Crippen LogP contribution in [0.15, 0.2) is 46.1 Å². The monoisotopic (exact) mass is 286 g/mol. The van der Waals surface area contributed by atoms with Crippen molar-refractivity contribution in [3.8, 4) is 0 Å². The third-order valence-electron chi connectivity index (χ3n) is 3.03. The summed E-state index contributed by atoms with van der Waals surface area (Å²) in [5, 5.41) is 11.5. The summed E-state index contributed by atoms with van der Waals surface area (Å²) in [6.07, 6.45) is 1.38. The van der Waals surface area contributed by atoms with E-state index < -0.39 is 11.4 Å². The summed E-state index contributed by atoms with van der Waals surface area (Å²) in [6.45, 7) is 0.435. The molecule has 0 radical (unpaired) electrons. The van der Waals surface area contributed by atoms with Gasteiger partial charge in [0.05, 0.1) is 23.3 Å². The van der Waals surface area contributed by atoms with Crippen LogP contribution in [-0.4, -0.2) is 20.6 Å². The molecule has 20 heavy (non-hydrogen) atoms. The molecule has 2 aromatic heterocycles. The summed E-state index contributed by atoms with van der Waals surface area (Å²) in [6, 6.07) is 6.98. The summed E-state index contributed by atoms with van der Waals surface area (Å²) < 4.78 is 1.75. The molecule has 0 unspecified atom stereocenters. The van der Waals surface area contributed by atoms with Crippen molar-refractivity contribution >= 4 is 28.2 Å². The number of benzene rings is 1. The molecule has 0 saturated carbocycles. The first kappa shape index (κ1) is 12.6. The van der Waals surface area contributed by atoms with E-state index >= 15 is 0 Å².